The smallest absolute Gasteiger partial charge is 0.114 e. The summed E-state index contributed by atoms with van der Waals surface area (Å²) in [4.78, 5) is 4.05. The highest BCUT2D eigenvalue weighted by Crippen LogP contribution is 2.03. The Kier molecular flexibility index (Phi) is 3.56. The molecule has 0 spiro atoms. The van der Waals surface area contributed by atoms with Gasteiger partial charge in [0.1, 0.15) is 6.04 Å². The van der Waals surface area contributed by atoms with Crippen molar-refractivity contribution in [3.05, 3.63) is 0 Å². The summed E-state index contributed by atoms with van der Waals surface area (Å²) in [5.41, 5.74) is 5.36. The number of rotatable bonds is 2. The van der Waals surface area contributed by atoms with Crippen LogP contribution >= 0.6 is 0 Å². The molecule has 0 aliphatic heterocycles. The molecular formula is C8H14N2. The molecule has 0 saturated heterocycles. The first-order valence-corrected chi connectivity index (χ1v) is 3.34. The second-order valence-corrected chi connectivity index (χ2v) is 2.63. The molecular weight excluding hydrogens is 124 g/mol. The highest BCUT2D eigenvalue weighted by atomic mass is 14.9. The molecule has 0 aliphatic carbocycles. The number of terminal acetylenes is 1. The average molecular weight is 138 g/mol. The Labute approximate surface area is 62.5 Å². The number of nitrogens with two attached hydrogens (primary N) is 1. The molecule has 1 atom stereocenters. The van der Waals surface area contributed by atoms with E-state index >= 15 is 0 Å². The van der Waals surface area contributed by atoms with Crippen LogP contribution in [0.2, 0.25) is 0 Å². The Morgan fingerprint density at radius 3 is 2.20 bits per heavy atom. The summed E-state index contributed by atoms with van der Waals surface area (Å²) >= 11 is 0. The fraction of sp³-hybridized carbons (Fsp3) is 0.625. The second-order valence-electron chi connectivity index (χ2n) is 2.63. The van der Waals surface area contributed by atoms with Gasteiger partial charge in [0.15, 0.2) is 0 Å². The molecule has 2 heteroatoms. The molecule has 1 unspecified atom stereocenters. The fourth-order valence-electron chi connectivity index (χ4n) is 0.598. The van der Waals surface area contributed by atoms with E-state index < -0.39 is 0 Å². The average Bonchev–Trinajstić information content (AvgIpc) is 1.81. The Morgan fingerprint density at radius 1 is 1.60 bits per heavy atom. The maximum atomic E-state index is 5.36. The van der Waals surface area contributed by atoms with Gasteiger partial charge in [0, 0.05) is 0 Å². The van der Waals surface area contributed by atoms with Crippen LogP contribution in [0.15, 0.2) is 4.99 Å². The molecule has 10 heavy (non-hydrogen) atoms. The van der Waals surface area contributed by atoms with E-state index in [9.17, 15) is 0 Å². The Balaban J connectivity index is 4.13. The van der Waals surface area contributed by atoms with E-state index in [-0.39, 0.29) is 6.04 Å². The summed E-state index contributed by atoms with van der Waals surface area (Å²) < 4.78 is 0. The molecule has 2 nitrogen and oxygen atoms in total. The van der Waals surface area contributed by atoms with E-state index in [4.69, 9.17) is 12.2 Å². The summed E-state index contributed by atoms with van der Waals surface area (Å²) in [5.74, 6) is 3.48. The van der Waals surface area contributed by atoms with E-state index in [0.717, 1.165) is 0 Å². The van der Waals surface area contributed by atoms with Gasteiger partial charge in [-0.3, -0.25) is 4.99 Å². The summed E-state index contributed by atoms with van der Waals surface area (Å²) in [5, 5.41) is 0. The van der Waals surface area contributed by atoms with Crippen molar-refractivity contribution in [2.45, 2.75) is 26.8 Å². The maximum absolute atomic E-state index is 5.36. The molecule has 56 valence electrons. The molecule has 0 bridgehead atoms. The van der Waals surface area contributed by atoms with Gasteiger partial charge in [0.2, 0.25) is 0 Å². The Hall–Kier alpha value is -0.970. The van der Waals surface area contributed by atoms with Crippen molar-refractivity contribution >= 4 is 5.84 Å². The zero-order valence-electron chi connectivity index (χ0n) is 6.76. The standard InChI is InChI=1S/C8H14N2/c1-5-8(6(2)3)10-7(4)9/h1,6,8H,2-4H3,(H2,9,10). The van der Waals surface area contributed by atoms with Crippen molar-refractivity contribution in [1.29, 1.82) is 0 Å². The first kappa shape index (κ1) is 9.03. The predicted octanol–water partition coefficient (Wildman–Crippen LogP) is 1.02. The van der Waals surface area contributed by atoms with Gasteiger partial charge in [-0.15, -0.1) is 6.42 Å². The van der Waals surface area contributed by atoms with Gasteiger partial charge in [-0.25, -0.2) is 0 Å². The van der Waals surface area contributed by atoms with Crippen LogP contribution in [0.4, 0.5) is 0 Å². The number of hydrogen-bond acceptors (Lipinski definition) is 1. The van der Waals surface area contributed by atoms with Crippen LogP contribution in [0.5, 0.6) is 0 Å². The topological polar surface area (TPSA) is 38.4 Å². The molecule has 0 radical (unpaired) electrons. The lowest BCUT2D eigenvalue weighted by molar-refractivity contribution is 0.586. The van der Waals surface area contributed by atoms with Gasteiger partial charge < -0.3 is 5.73 Å². The van der Waals surface area contributed by atoms with E-state index in [1.54, 1.807) is 6.92 Å². The van der Waals surface area contributed by atoms with Crippen LogP contribution in [-0.4, -0.2) is 11.9 Å². The van der Waals surface area contributed by atoms with Crippen molar-refractivity contribution in [3.8, 4) is 12.3 Å². The van der Waals surface area contributed by atoms with E-state index in [1.165, 1.54) is 0 Å². The van der Waals surface area contributed by atoms with E-state index in [1.807, 2.05) is 13.8 Å². The monoisotopic (exact) mass is 138 g/mol. The molecule has 0 aromatic rings. The molecule has 0 saturated carbocycles. The van der Waals surface area contributed by atoms with E-state index in [0.29, 0.717) is 11.8 Å². The lowest BCUT2D eigenvalue weighted by Gasteiger charge is -2.08. The van der Waals surface area contributed by atoms with Gasteiger partial charge in [0.25, 0.3) is 0 Å². The Bertz CT molecular complexity index is 159. The zero-order valence-corrected chi connectivity index (χ0v) is 6.76. The van der Waals surface area contributed by atoms with Gasteiger partial charge in [-0.1, -0.05) is 19.8 Å². The van der Waals surface area contributed by atoms with Crippen LogP contribution in [0.3, 0.4) is 0 Å². The Morgan fingerprint density at radius 2 is 2.10 bits per heavy atom. The number of amidine groups is 1. The second kappa shape index (κ2) is 3.94. The highest BCUT2D eigenvalue weighted by molar-refractivity contribution is 5.77. The van der Waals surface area contributed by atoms with Crippen LogP contribution in [0, 0.1) is 18.3 Å². The zero-order chi connectivity index (χ0) is 8.15. The number of aliphatic imine (C=N–C) groups is 1. The SMILES string of the molecule is C#CC(N=C(C)N)C(C)C. The molecule has 0 amide bonds. The van der Waals surface area contributed by atoms with Crippen LogP contribution in [-0.2, 0) is 0 Å². The molecule has 0 aromatic heterocycles. The quantitative estimate of drug-likeness (QED) is 0.345. The minimum atomic E-state index is -0.0648. The maximum Gasteiger partial charge on any atom is 0.114 e. The van der Waals surface area contributed by atoms with Crippen LogP contribution < -0.4 is 5.73 Å². The van der Waals surface area contributed by atoms with Gasteiger partial charge in [-0.05, 0) is 12.8 Å². The fourth-order valence-corrected chi connectivity index (χ4v) is 0.598. The predicted molar refractivity (Wildman–Crippen MR) is 44.8 cm³/mol. The van der Waals surface area contributed by atoms with Crippen molar-refractivity contribution in [1.82, 2.24) is 0 Å². The summed E-state index contributed by atoms with van der Waals surface area (Å²) in [6.07, 6.45) is 5.21. The minimum Gasteiger partial charge on any atom is -0.388 e. The van der Waals surface area contributed by atoms with E-state index in [2.05, 4.69) is 10.9 Å². The van der Waals surface area contributed by atoms with Gasteiger partial charge in [-0.2, -0.15) is 0 Å². The number of nitrogens with zero attached hydrogens (tertiary/aromatic N) is 1. The van der Waals surface area contributed by atoms with Crippen LogP contribution in [0.25, 0.3) is 0 Å². The van der Waals surface area contributed by atoms with Crippen molar-refractivity contribution in [3.63, 3.8) is 0 Å². The van der Waals surface area contributed by atoms with Gasteiger partial charge in [0.05, 0.1) is 5.84 Å². The molecule has 0 heterocycles. The lowest BCUT2D eigenvalue weighted by Crippen LogP contribution is -2.16. The van der Waals surface area contributed by atoms with Crippen molar-refractivity contribution < 1.29 is 0 Å². The van der Waals surface area contributed by atoms with Gasteiger partial charge >= 0.3 is 0 Å². The first-order valence-electron chi connectivity index (χ1n) is 3.34. The van der Waals surface area contributed by atoms with Crippen LogP contribution in [0.1, 0.15) is 20.8 Å². The summed E-state index contributed by atoms with van der Waals surface area (Å²) in [6, 6.07) is -0.0648. The summed E-state index contributed by atoms with van der Waals surface area (Å²) in [6.45, 7) is 5.79. The molecule has 0 aliphatic rings. The normalized spacial score (nSPS) is 14.9. The third-order valence-electron chi connectivity index (χ3n) is 1.14. The molecule has 0 aromatic carbocycles. The molecule has 2 N–H and O–H groups in total. The first-order chi connectivity index (χ1) is 4.57. The summed E-state index contributed by atoms with van der Waals surface area (Å²) in [7, 11) is 0. The lowest BCUT2D eigenvalue weighted by atomic mass is 10.1. The van der Waals surface area contributed by atoms with Crippen molar-refractivity contribution in [2.75, 3.05) is 0 Å². The largest absolute Gasteiger partial charge is 0.388 e. The third-order valence-corrected chi connectivity index (χ3v) is 1.14. The third kappa shape index (κ3) is 3.13. The minimum absolute atomic E-state index is 0.0648. The number of hydrogen-bond donors (Lipinski definition) is 1. The highest BCUT2D eigenvalue weighted by Gasteiger charge is 2.06. The molecule has 0 fully saturated rings. The van der Waals surface area contributed by atoms with Crippen molar-refractivity contribution in [2.24, 2.45) is 16.6 Å². The molecule has 0 rings (SSSR count).